The molecule has 0 aromatic heterocycles. The van der Waals surface area contributed by atoms with Crippen LogP contribution in [0.5, 0.6) is 0 Å². The lowest BCUT2D eigenvalue weighted by Gasteiger charge is -2.29. The second kappa shape index (κ2) is 13.9. The van der Waals surface area contributed by atoms with Crippen molar-refractivity contribution < 1.29 is 18.0 Å². The fraction of sp³-hybridized carbons (Fsp3) is 0.481. The van der Waals surface area contributed by atoms with Crippen LogP contribution in [0.4, 0.5) is 5.69 Å². The number of nitrogens with zero attached hydrogens (tertiary/aromatic N) is 2. The lowest BCUT2D eigenvalue weighted by molar-refractivity contribution is -0.139. The highest BCUT2D eigenvalue weighted by molar-refractivity contribution is 7.92. The second-order valence-corrected chi connectivity index (χ2v) is 10.8. The number of carbonyl (C=O) groups excluding carboxylic acids is 2. The molecular formula is C27H39N3O4S. The first-order chi connectivity index (χ1) is 16.6. The zero-order valence-electron chi connectivity index (χ0n) is 21.4. The topological polar surface area (TPSA) is 86.8 Å². The van der Waals surface area contributed by atoms with Crippen LogP contribution >= 0.6 is 0 Å². The number of nitrogens with one attached hydrogen (secondary N) is 1. The van der Waals surface area contributed by atoms with Crippen molar-refractivity contribution in [2.45, 2.75) is 58.9 Å². The number of unbranched alkanes of at least 4 members (excludes halogenated alkanes) is 1. The quantitative estimate of drug-likeness (QED) is 0.398. The molecule has 2 amide bonds. The molecule has 8 heteroatoms. The van der Waals surface area contributed by atoms with E-state index in [1.807, 2.05) is 55.5 Å². The van der Waals surface area contributed by atoms with Crippen LogP contribution in [0, 0.1) is 6.92 Å². The Morgan fingerprint density at radius 3 is 2.34 bits per heavy atom. The van der Waals surface area contributed by atoms with Gasteiger partial charge in [-0.3, -0.25) is 13.9 Å². The van der Waals surface area contributed by atoms with Crippen molar-refractivity contribution in [1.29, 1.82) is 0 Å². The number of benzene rings is 2. The van der Waals surface area contributed by atoms with E-state index in [9.17, 15) is 18.0 Å². The van der Waals surface area contributed by atoms with Crippen LogP contribution < -0.4 is 9.62 Å². The van der Waals surface area contributed by atoms with Crippen LogP contribution in [0.2, 0.25) is 0 Å². The van der Waals surface area contributed by atoms with E-state index >= 15 is 0 Å². The van der Waals surface area contributed by atoms with Gasteiger partial charge in [-0.2, -0.15) is 0 Å². The molecule has 1 atom stereocenters. The van der Waals surface area contributed by atoms with Crippen molar-refractivity contribution >= 4 is 27.5 Å². The van der Waals surface area contributed by atoms with Gasteiger partial charge in [-0.1, -0.05) is 55.8 Å². The molecule has 2 aromatic carbocycles. The fourth-order valence-electron chi connectivity index (χ4n) is 3.89. The zero-order valence-corrected chi connectivity index (χ0v) is 22.2. The molecule has 0 aliphatic heterocycles. The van der Waals surface area contributed by atoms with Gasteiger partial charge >= 0.3 is 0 Å². The van der Waals surface area contributed by atoms with Crippen LogP contribution in [0.3, 0.4) is 0 Å². The number of aryl methyl sites for hydroxylation is 1. The van der Waals surface area contributed by atoms with Gasteiger partial charge in [0.1, 0.15) is 6.04 Å². The van der Waals surface area contributed by atoms with Crippen molar-refractivity contribution in [1.82, 2.24) is 10.2 Å². The number of sulfonamides is 1. The van der Waals surface area contributed by atoms with E-state index < -0.39 is 16.1 Å². The molecule has 0 saturated carbocycles. The largest absolute Gasteiger partial charge is 0.354 e. The van der Waals surface area contributed by atoms with E-state index in [1.54, 1.807) is 17.9 Å². The average Bonchev–Trinajstić information content (AvgIpc) is 2.81. The average molecular weight is 502 g/mol. The first kappa shape index (κ1) is 28.4. The molecule has 0 saturated heterocycles. The smallest absolute Gasteiger partial charge is 0.242 e. The van der Waals surface area contributed by atoms with E-state index in [-0.39, 0.29) is 24.8 Å². The summed E-state index contributed by atoms with van der Waals surface area (Å²) in [5.41, 5.74) is 2.64. The highest BCUT2D eigenvalue weighted by Crippen LogP contribution is 2.20. The molecule has 192 valence electrons. The van der Waals surface area contributed by atoms with Crippen LogP contribution in [0.15, 0.2) is 54.6 Å². The third-order valence-corrected chi connectivity index (χ3v) is 7.12. The predicted molar refractivity (Wildman–Crippen MR) is 142 cm³/mol. The Morgan fingerprint density at radius 1 is 1.00 bits per heavy atom. The van der Waals surface area contributed by atoms with Gasteiger partial charge < -0.3 is 10.2 Å². The number of anilines is 1. The monoisotopic (exact) mass is 501 g/mol. The van der Waals surface area contributed by atoms with Crippen LogP contribution in [0.25, 0.3) is 0 Å². The van der Waals surface area contributed by atoms with E-state index in [4.69, 9.17) is 0 Å². The van der Waals surface area contributed by atoms with Crippen LogP contribution in [-0.2, 0) is 26.0 Å². The van der Waals surface area contributed by atoms with Gasteiger partial charge in [0.05, 0.1) is 11.9 Å². The third-order valence-electron chi connectivity index (χ3n) is 5.92. The number of hydrogen-bond acceptors (Lipinski definition) is 4. The summed E-state index contributed by atoms with van der Waals surface area (Å²) >= 11 is 0. The Balaban J connectivity index is 2.08. The summed E-state index contributed by atoms with van der Waals surface area (Å²) in [5.74, 6) is -0.325. The summed E-state index contributed by atoms with van der Waals surface area (Å²) in [5, 5.41) is 2.92. The molecule has 0 bridgehead atoms. The third kappa shape index (κ3) is 9.36. The van der Waals surface area contributed by atoms with E-state index in [0.717, 1.165) is 24.0 Å². The Labute approximate surface area is 210 Å². The molecular weight excluding hydrogens is 462 g/mol. The molecule has 0 heterocycles. The summed E-state index contributed by atoms with van der Waals surface area (Å²) in [4.78, 5) is 27.6. The highest BCUT2D eigenvalue weighted by atomic mass is 32.2. The molecule has 35 heavy (non-hydrogen) atoms. The molecule has 7 nitrogen and oxygen atoms in total. The van der Waals surface area contributed by atoms with Crippen molar-refractivity contribution in [3.8, 4) is 0 Å². The van der Waals surface area contributed by atoms with Crippen molar-refractivity contribution in [3.05, 3.63) is 65.7 Å². The molecule has 0 aliphatic rings. The molecule has 2 aromatic rings. The van der Waals surface area contributed by atoms with Crippen LogP contribution in [-0.4, -0.2) is 57.1 Å². The zero-order chi connectivity index (χ0) is 25.8. The number of hydrogen-bond donors (Lipinski definition) is 1. The number of carbonyl (C=O) groups is 2. The molecule has 0 fully saturated rings. The van der Waals surface area contributed by atoms with Gasteiger partial charge in [-0.25, -0.2) is 8.42 Å². The molecule has 1 unspecified atom stereocenters. The number of amides is 2. The maximum atomic E-state index is 13.2. The van der Waals surface area contributed by atoms with Gasteiger partial charge in [0.25, 0.3) is 0 Å². The Hall–Kier alpha value is -2.87. The fourth-order valence-corrected chi connectivity index (χ4v) is 4.85. The number of rotatable bonds is 14. The SMILES string of the molecule is CCCCNC(=O)C(C)N(CCc1ccccc1)C(=O)CCCN(c1cccc(C)c1)S(C)(=O)=O. The Morgan fingerprint density at radius 2 is 1.71 bits per heavy atom. The van der Waals surface area contributed by atoms with Gasteiger partial charge in [0, 0.05) is 26.1 Å². The lowest BCUT2D eigenvalue weighted by atomic mass is 10.1. The van der Waals surface area contributed by atoms with E-state index in [0.29, 0.717) is 31.6 Å². The summed E-state index contributed by atoms with van der Waals surface area (Å²) in [6.45, 7) is 6.91. The van der Waals surface area contributed by atoms with Gasteiger partial charge in [-0.15, -0.1) is 0 Å². The Bertz CT molecular complexity index is 1060. The summed E-state index contributed by atoms with van der Waals surface area (Å²) in [6.07, 6.45) is 4.18. The maximum absolute atomic E-state index is 13.2. The van der Waals surface area contributed by atoms with Crippen LogP contribution in [0.1, 0.15) is 50.7 Å². The standard InChI is InChI=1S/C27H39N3O4S/c1-5-6-18-28-27(32)23(3)29(20-17-24-13-8-7-9-14-24)26(31)16-11-19-30(35(4,33)34)25-15-10-12-22(2)21-25/h7-10,12-15,21,23H,5-6,11,16-20H2,1-4H3,(H,28,32). The highest BCUT2D eigenvalue weighted by Gasteiger charge is 2.26. The van der Waals surface area contributed by atoms with Gasteiger partial charge in [0.2, 0.25) is 21.8 Å². The lowest BCUT2D eigenvalue weighted by Crippen LogP contribution is -2.49. The van der Waals surface area contributed by atoms with Crippen molar-refractivity contribution in [2.75, 3.05) is 30.2 Å². The van der Waals surface area contributed by atoms with E-state index in [1.165, 1.54) is 10.6 Å². The van der Waals surface area contributed by atoms with Gasteiger partial charge in [-0.05, 0) is 56.4 Å². The molecule has 0 aliphatic carbocycles. The minimum atomic E-state index is -3.50. The molecule has 2 rings (SSSR count). The summed E-state index contributed by atoms with van der Waals surface area (Å²) in [6, 6.07) is 16.5. The summed E-state index contributed by atoms with van der Waals surface area (Å²) in [7, 11) is -3.50. The van der Waals surface area contributed by atoms with Crippen molar-refractivity contribution in [2.24, 2.45) is 0 Å². The molecule has 1 N–H and O–H groups in total. The first-order valence-corrected chi connectivity index (χ1v) is 14.1. The Kier molecular flexibility index (Phi) is 11.2. The second-order valence-electron chi connectivity index (χ2n) is 8.92. The van der Waals surface area contributed by atoms with E-state index in [2.05, 4.69) is 12.2 Å². The predicted octanol–water partition coefficient (Wildman–Crippen LogP) is 3.92. The normalized spacial score (nSPS) is 12.1. The minimum absolute atomic E-state index is 0.152. The molecule has 0 radical (unpaired) electrons. The van der Waals surface area contributed by atoms with Gasteiger partial charge in [0.15, 0.2) is 0 Å². The van der Waals surface area contributed by atoms with Crippen molar-refractivity contribution in [3.63, 3.8) is 0 Å². The first-order valence-electron chi connectivity index (χ1n) is 12.3. The summed E-state index contributed by atoms with van der Waals surface area (Å²) < 4.78 is 26.2. The molecule has 0 spiro atoms. The minimum Gasteiger partial charge on any atom is -0.354 e. The maximum Gasteiger partial charge on any atom is 0.242 e.